The van der Waals surface area contributed by atoms with Crippen LogP contribution < -0.4 is 5.32 Å². The highest BCUT2D eigenvalue weighted by Crippen LogP contribution is 2.17. The second kappa shape index (κ2) is 6.95. The predicted molar refractivity (Wildman–Crippen MR) is 86.9 cm³/mol. The Morgan fingerprint density at radius 1 is 1.30 bits per heavy atom. The molecule has 2 rings (SSSR count). The fraction of sp³-hybridized carbons (Fsp3) is 0.312. The minimum absolute atomic E-state index is 0.0876. The maximum Gasteiger partial charge on any atom is 0.321 e. The first-order chi connectivity index (χ1) is 10.9. The third-order valence-electron chi connectivity index (χ3n) is 3.36. The number of aliphatic carboxylic acids is 1. The number of carboxylic acids is 1. The quantitative estimate of drug-likeness (QED) is 0.887. The third kappa shape index (κ3) is 4.32. The first-order valence-corrected chi connectivity index (χ1v) is 7.24. The van der Waals surface area contributed by atoms with E-state index in [0.29, 0.717) is 5.69 Å². The van der Waals surface area contributed by atoms with Crippen LogP contribution in [0, 0.1) is 13.8 Å². The monoisotopic (exact) mass is 316 g/mol. The summed E-state index contributed by atoms with van der Waals surface area (Å²) in [5, 5.41) is 15.8. The molecule has 0 radical (unpaired) electrons. The van der Waals surface area contributed by atoms with Gasteiger partial charge < -0.3 is 15.3 Å². The lowest BCUT2D eigenvalue weighted by atomic mass is 10.2. The van der Waals surface area contributed by atoms with Gasteiger partial charge in [-0.25, -0.2) is 9.48 Å². The van der Waals surface area contributed by atoms with Crippen molar-refractivity contribution in [1.29, 1.82) is 0 Å². The molecule has 0 unspecified atom stereocenters. The van der Waals surface area contributed by atoms with E-state index in [1.807, 2.05) is 38.1 Å². The molecule has 0 aliphatic carbocycles. The summed E-state index contributed by atoms with van der Waals surface area (Å²) in [5.41, 5.74) is 3.40. The summed E-state index contributed by atoms with van der Waals surface area (Å²) < 4.78 is 1.80. The Morgan fingerprint density at radius 2 is 2.04 bits per heavy atom. The number of carbonyl (C=O) groups is 2. The minimum atomic E-state index is -0.934. The van der Waals surface area contributed by atoms with Crippen LogP contribution in [0.4, 0.5) is 10.5 Å². The summed E-state index contributed by atoms with van der Waals surface area (Å²) in [6, 6.07) is 8.96. The lowest BCUT2D eigenvalue weighted by molar-refractivity contribution is -0.137. The van der Waals surface area contributed by atoms with E-state index in [1.165, 1.54) is 4.90 Å². The van der Waals surface area contributed by atoms with E-state index >= 15 is 0 Å². The van der Waals surface area contributed by atoms with Crippen LogP contribution in [0.5, 0.6) is 0 Å². The summed E-state index contributed by atoms with van der Waals surface area (Å²) in [7, 11) is 1.56. The zero-order chi connectivity index (χ0) is 17.0. The summed E-state index contributed by atoms with van der Waals surface area (Å²) in [6.45, 7) is 4.04. The van der Waals surface area contributed by atoms with Gasteiger partial charge >= 0.3 is 12.0 Å². The summed E-state index contributed by atoms with van der Waals surface area (Å²) in [5.74, 6) is -0.934. The molecule has 0 saturated carbocycles. The third-order valence-corrected chi connectivity index (χ3v) is 3.36. The SMILES string of the molecule is Cc1cc(C)n(-c2cccc(NC(=O)N(C)CCC(=O)O)c2)n1. The predicted octanol–water partition coefficient (Wildman–Crippen LogP) is 2.43. The second-order valence-corrected chi connectivity index (χ2v) is 5.38. The van der Waals surface area contributed by atoms with Gasteiger partial charge in [-0.15, -0.1) is 0 Å². The molecule has 1 aromatic carbocycles. The van der Waals surface area contributed by atoms with Gasteiger partial charge in [-0.3, -0.25) is 4.79 Å². The number of urea groups is 1. The molecular weight excluding hydrogens is 296 g/mol. The molecule has 122 valence electrons. The van der Waals surface area contributed by atoms with Gasteiger partial charge in [-0.05, 0) is 38.1 Å². The first-order valence-electron chi connectivity index (χ1n) is 7.24. The fourth-order valence-electron chi connectivity index (χ4n) is 2.19. The number of carbonyl (C=O) groups excluding carboxylic acids is 1. The molecule has 7 heteroatoms. The molecule has 0 atom stereocenters. The van der Waals surface area contributed by atoms with E-state index in [1.54, 1.807) is 17.8 Å². The molecule has 0 aliphatic heterocycles. The lowest BCUT2D eigenvalue weighted by Crippen LogP contribution is -2.33. The van der Waals surface area contributed by atoms with Gasteiger partial charge in [0.1, 0.15) is 0 Å². The molecule has 0 saturated heterocycles. The maximum atomic E-state index is 12.0. The van der Waals surface area contributed by atoms with Crippen molar-refractivity contribution in [1.82, 2.24) is 14.7 Å². The highest BCUT2D eigenvalue weighted by atomic mass is 16.4. The molecule has 0 fully saturated rings. The van der Waals surface area contributed by atoms with Crippen molar-refractivity contribution in [2.24, 2.45) is 0 Å². The topological polar surface area (TPSA) is 87.5 Å². The van der Waals surface area contributed by atoms with Crippen molar-refractivity contribution in [2.45, 2.75) is 20.3 Å². The number of hydrogen-bond donors (Lipinski definition) is 2. The molecule has 0 aliphatic rings. The lowest BCUT2D eigenvalue weighted by Gasteiger charge is -2.17. The van der Waals surface area contributed by atoms with Crippen molar-refractivity contribution >= 4 is 17.7 Å². The van der Waals surface area contributed by atoms with Gasteiger partial charge in [-0.2, -0.15) is 5.10 Å². The van der Waals surface area contributed by atoms with Crippen LogP contribution in [0.2, 0.25) is 0 Å². The average Bonchev–Trinajstić information content (AvgIpc) is 2.83. The smallest absolute Gasteiger partial charge is 0.321 e. The van der Waals surface area contributed by atoms with Crippen molar-refractivity contribution < 1.29 is 14.7 Å². The highest BCUT2D eigenvalue weighted by Gasteiger charge is 2.11. The Balaban J connectivity index is 2.09. The van der Waals surface area contributed by atoms with Gasteiger partial charge in [-0.1, -0.05) is 6.07 Å². The standard InChI is InChI=1S/C16H20N4O3/c1-11-9-12(2)20(18-11)14-6-4-5-13(10-14)17-16(23)19(3)8-7-15(21)22/h4-6,9-10H,7-8H2,1-3H3,(H,17,23)(H,21,22). The van der Waals surface area contributed by atoms with E-state index in [4.69, 9.17) is 5.11 Å². The Bertz CT molecular complexity index is 724. The largest absolute Gasteiger partial charge is 0.481 e. The highest BCUT2D eigenvalue weighted by molar-refractivity contribution is 5.89. The normalized spacial score (nSPS) is 10.4. The minimum Gasteiger partial charge on any atom is -0.481 e. The fourth-order valence-corrected chi connectivity index (χ4v) is 2.19. The zero-order valence-corrected chi connectivity index (χ0v) is 13.4. The first kappa shape index (κ1) is 16.5. The number of rotatable bonds is 5. The molecule has 0 spiro atoms. The zero-order valence-electron chi connectivity index (χ0n) is 13.4. The number of nitrogens with zero attached hydrogens (tertiary/aromatic N) is 3. The van der Waals surface area contributed by atoms with Crippen LogP contribution in [0.3, 0.4) is 0 Å². The Morgan fingerprint density at radius 3 is 2.65 bits per heavy atom. The van der Waals surface area contributed by atoms with Crippen LogP contribution in [0.15, 0.2) is 30.3 Å². The van der Waals surface area contributed by atoms with E-state index in [9.17, 15) is 9.59 Å². The molecular formula is C16H20N4O3. The molecule has 0 bridgehead atoms. The van der Waals surface area contributed by atoms with Crippen LogP contribution in [-0.2, 0) is 4.79 Å². The van der Waals surface area contributed by atoms with E-state index in [-0.39, 0.29) is 19.0 Å². The molecule has 1 aromatic heterocycles. The number of aromatic nitrogens is 2. The summed E-state index contributed by atoms with van der Waals surface area (Å²) >= 11 is 0. The maximum absolute atomic E-state index is 12.0. The van der Waals surface area contributed by atoms with E-state index in [2.05, 4.69) is 10.4 Å². The number of hydrogen-bond acceptors (Lipinski definition) is 3. The van der Waals surface area contributed by atoms with Crippen LogP contribution >= 0.6 is 0 Å². The van der Waals surface area contributed by atoms with Crippen LogP contribution in [-0.4, -0.2) is 45.4 Å². The van der Waals surface area contributed by atoms with Gasteiger partial charge in [0, 0.05) is 25.0 Å². The van der Waals surface area contributed by atoms with E-state index < -0.39 is 5.97 Å². The van der Waals surface area contributed by atoms with Crippen molar-refractivity contribution in [2.75, 3.05) is 18.9 Å². The Kier molecular flexibility index (Phi) is 5.00. The van der Waals surface area contributed by atoms with Crippen LogP contribution in [0.25, 0.3) is 5.69 Å². The van der Waals surface area contributed by atoms with Crippen molar-refractivity contribution in [3.05, 3.63) is 41.7 Å². The molecule has 1 heterocycles. The molecule has 2 N–H and O–H groups in total. The average molecular weight is 316 g/mol. The van der Waals surface area contributed by atoms with Gasteiger partial charge in [0.15, 0.2) is 0 Å². The molecule has 23 heavy (non-hydrogen) atoms. The van der Waals surface area contributed by atoms with Gasteiger partial charge in [0.2, 0.25) is 0 Å². The summed E-state index contributed by atoms with van der Waals surface area (Å²) in [4.78, 5) is 23.9. The number of anilines is 1. The van der Waals surface area contributed by atoms with E-state index in [0.717, 1.165) is 17.1 Å². The van der Waals surface area contributed by atoms with Gasteiger partial charge in [0.25, 0.3) is 0 Å². The van der Waals surface area contributed by atoms with Crippen molar-refractivity contribution in [3.8, 4) is 5.69 Å². The molecule has 2 amide bonds. The molecule has 2 aromatic rings. The molecule has 7 nitrogen and oxygen atoms in total. The Hall–Kier alpha value is -2.83. The Labute approximate surface area is 134 Å². The number of carboxylic acid groups (broad SMARTS) is 1. The second-order valence-electron chi connectivity index (χ2n) is 5.38. The van der Waals surface area contributed by atoms with Crippen molar-refractivity contribution in [3.63, 3.8) is 0 Å². The number of nitrogens with one attached hydrogen (secondary N) is 1. The number of benzene rings is 1. The van der Waals surface area contributed by atoms with Crippen LogP contribution in [0.1, 0.15) is 17.8 Å². The van der Waals surface area contributed by atoms with Gasteiger partial charge in [0.05, 0.1) is 17.8 Å². The number of amides is 2. The number of aryl methyl sites for hydroxylation is 2. The summed E-state index contributed by atoms with van der Waals surface area (Å²) in [6.07, 6.45) is -0.0876.